The molecule has 0 radical (unpaired) electrons. The average Bonchev–Trinajstić information content (AvgIpc) is 2.73. The maximum Gasteiger partial charge on any atom is 0.333 e. The van der Waals surface area contributed by atoms with E-state index in [4.69, 9.17) is 15.2 Å². The lowest BCUT2D eigenvalue weighted by molar-refractivity contribution is -0.146. The molecule has 7 heteroatoms. The predicted octanol–water partition coefficient (Wildman–Crippen LogP) is 2.32. The molecule has 2 N–H and O–H groups in total. The van der Waals surface area contributed by atoms with Crippen molar-refractivity contribution in [2.75, 3.05) is 7.11 Å². The third kappa shape index (κ3) is 7.23. The van der Waals surface area contributed by atoms with Gasteiger partial charge in [-0.05, 0) is 29.7 Å². The summed E-state index contributed by atoms with van der Waals surface area (Å²) in [6.45, 7) is 3.64. The van der Waals surface area contributed by atoms with Crippen molar-refractivity contribution in [2.45, 2.75) is 25.5 Å². The minimum absolute atomic E-state index is 0.00843. The summed E-state index contributed by atoms with van der Waals surface area (Å²) in [7, 11) is 1.21. The molecule has 152 valence electrons. The minimum atomic E-state index is -0.810. The van der Waals surface area contributed by atoms with E-state index >= 15 is 0 Å². The van der Waals surface area contributed by atoms with Gasteiger partial charge in [0.2, 0.25) is 0 Å². The van der Waals surface area contributed by atoms with E-state index in [0.717, 1.165) is 11.1 Å². The summed E-state index contributed by atoms with van der Waals surface area (Å²) in [4.78, 5) is 35.1. The van der Waals surface area contributed by atoms with Gasteiger partial charge in [0, 0.05) is 5.57 Å². The van der Waals surface area contributed by atoms with Gasteiger partial charge in [-0.1, -0.05) is 49.0 Å². The Kier molecular flexibility index (Phi) is 8.12. The Hall–Kier alpha value is -3.45. The molecule has 0 aromatic heterocycles. The van der Waals surface area contributed by atoms with Crippen molar-refractivity contribution in [3.05, 3.63) is 77.9 Å². The molecule has 7 nitrogen and oxygen atoms in total. The van der Waals surface area contributed by atoms with Crippen molar-refractivity contribution in [3.8, 4) is 5.75 Å². The van der Waals surface area contributed by atoms with E-state index in [1.54, 1.807) is 24.3 Å². The van der Waals surface area contributed by atoms with E-state index in [-0.39, 0.29) is 25.0 Å². The van der Waals surface area contributed by atoms with E-state index < -0.39 is 23.9 Å². The van der Waals surface area contributed by atoms with Crippen LogP contribution in [0.5, 0.6) is 5.75 Å². The van der Waals surface area contributed by atoms with E-state index in [0.29, 0.717) is 5.75 Å². The molecule has 1 atom stereocenters. The smallest absolute Gasteiger partial charge is 0.333 e. The van der Waals surface area contributed by atoms with E-state index in [1.165, 1.54) is 7.11 Å². The standard InChI is InChI=1S/C22H23NO6/c1-15(21(25)27-2)12-20(24)29-18-10-8-16(9-11-18)13-19(23)22(26)28-14-17-6-4-3-5-7-17/h3-11,19H,1,12-14,23H2,2H3. The zero-order chi connectivity index (χ0) is 21.2. The molecular formula is C22H23NO6. The first kappa shape index (κ1) is 21.8. The van der Waals surface area contributed by atoms with Crippen molar-refractivity contribution in [1.29, 1.82) is 0 Å². The van der Waals surface area contributed by atoms with Crippen molar-refractivity contribution >= 4 is 17.9 Å². The van der Waals surface area contributed by atoms with Crippen LogP contribution in [0.25, 0.3) is 0 Å². The molecular weight excluding hydrogens is 374 g/mol. The Bertz CT molecular complexity index is 861. The largest absolute Gasteiger partial charge is 0.466 e. The molecule has 0 aliphatic rings. The number of nitrogens with two attached hydrogens (primary N) is 1. The minimum Gasteiger partial charge on any atom is -0.466 e. The average molecular weight is 397 g/mol. The summed E-state index contributed by atoms with van der Waals surface area (Å²) >= 11 is 0. The monoisotopic (exact) mass is 397 g/mol. The summed E-state index contributed by atoms with van der Waals surface area (Å²) < 4.78 is 14.9. The van der Waals surface area contributed by atoms with Crippen molar-refractivity contribution in [2.24, 2.45) is 5.73 Å². The molecule has 2 aromatic carbocycles. The number of hydrogen-bond donors (Lipinski definition) is 1. The van der Waals surface area contributed by atoms with Gasteiger partial charge in [0.25, 0.3) is 0 Å². The molecule has 0 amide bonds. The van der Waals surface area contributed by atoms with Crippen molar-refractivity contribution < 1.29 is 28.6 Å². The Balaban J connectivity index is 1.81. The molecule has 2 aromatic rings. The van der Waals surface area contributed by atoms with Gasteiger partial charge in [-0.2, -0.15) is 0 Å². The second-order valence-corrected chi connectivity index (χ2v) is 6.29. The summed E-state index contributed by atoms with van der Waals surface area (Å²) in [5, 5.41) is 0. The van der Waals surface area contributed by atoms with Crippen LogP contribution in [0.2, 0.25) is 0 Å². The third-order valence-electron chi connectivity index (χ3n) is 3.97. The Morgan fingerprint density at radius 3 is 2.28 bits per heavy atom. The Labute approximate surface area is 169 Å². The molecule has 0 heterocycles. The Morgan fingerprint density at radius 2 is 1.66 bits per heavy atom. The highest BCUT2D eigenvalue weighted by Crippen LogP contribution is 2.15. The zero-order valence-electron chi connectivity index (χ0n) is 16.1. The highest BCUT2D eigenvalue weighted by Gasteiger charge is 2.17. The zero-order valence-corrected chi connectivity index (χ0v) is 16.1. The second kappa shape index (κ2) is 10.8. The molecule has 29 heavy (non-hydrogen) atoms. The number of esters is 3. The van der Waals surface area contributed by atoms with Gasteiger partial charge in [-0.3, -0.25) is 9.59 Å². The molecule has 0 aliphatic heterocycles. The number of carbonyl (C=O) groups excluding carboxylic acids is 3. The fraction of sp³-hybridized carbons (Fsp3) is 0.227. The number of hydrogen-bond acceptors (Lipinski definition) is 7. The summed E-state index contributed by atoms with van der Waals surface area (Å²) in [5.41, 5.74) is 7.59. The van der Waals surface area contributed by atoms with Crippen LogP contribution in [0.3, 0.4) is 0 Å². The number of rotatable bonds is 9. The highest BCUT2D eigenvalue weighted by molar-refractivity contribution is 5.93. The SMILES string of the molecule is C=C(CC(=O)Oc1ccc(CC(N)C(=O)OCc2ccccc2)cc1)C(=O)OC. The molecule has 0 bridgehead atoms. The second-order valence-electron chi connectivity index (χ2n) is 6.29. The van der Waals surface area contributed by atoms with Crippen LogP contribution in [0.4, 0.5) is 0 Å². The maximum atomic E-state index is 12.1. The number of ether oxygens (including phenoxy) is 3. The molecule has 2 rings (SSSR count). The van der Waals surface area contributed by atoms with Gasteiger partial charge in [0.05, 0.1) is 13.5 Å². The highest BCUT2D eigenvalue weighted by atomic mass is 16.5. The lowest BCUT2D eigenvalue weighted by atomic mass is 10.1. The molecule has 0 aliphatic carbocycles. The summed E-state index contributed by atoms with van der Waals surface area (Å²) in [6.07, 6.45) is 0.00749. The lowest BCUT2D eigenvalue weighted by Gasteiger charge is -2.12. The van der Waals surface area contributed by atoms with Crippen LogP contribution >= 0.6 is 0 Å². The lowest BCUT2D eigenvalue weighted by Crippen LogP contribution is -2.34. The van der Waals surface area contributed by atoms with Gasteiger partial charge in [0.15, 0.2) is 0 Å². The number of carbonyl (C=O) groups is 3. The van der Waals surface area contributed by atoms with Crippen LogP contribution in [-0.4, -0.2) is 31.1 Å². The van der Waals surface area contributed by atoms with E-state index in [9.17, 15) is 14.4 Å². The van der Waals surface area contributed by atoms with Crippen LogP contribution < -0.4 is 10.5 Å². The van der Waals surface area contributed by atoms with Gasteiger partial charge in [-0.25, -0.2) is 4.79 Å². The van der Waals surface area contributed by atoms with Gasteiger partial charge in [0.1, 0.15) is 18.4 Å². The van der Waals surface area contributed by atoms with Crippen molar-refractivity contribution in [3.63, 3.8) is 0 Å². The number of methoxy groups -OCH3 is 1. The fourth-order valence-electron chi connectivity index (χ4n) is 2.42. The van der Waals surface area contributed by atoms with Crippen LogP contribution in [0.15, 0.2) is 66.7 Å². The maximum absolute atomic E-state index is 12.1. The molecule has 0 saturated carbocycles. The first-order valence-electron chi connectivity index (χ1n) is 8.91. The molecule has 0 spiro atoms. The topological polar surface area (TPSA) is 105 Å². The molecule has 1 unspecified atom stereocenters. The summed E-state index contributed by atoms with van der Waals surface area (Å²) in [6, 6.07) is 15.1. The van der Waals surface area contributed by atoms with E-state index in [1.807, 2.05) is 30.3 Å². The third-order valence-corrected chi connectivity index (χ3v) is 3.97. The van der Waals surface area contributed by atoms with Gasteiger partial charge in [-0.15, -0.1) is 0 Å². The first-order valence-corrected chi connectivity index (χ1v) is 8.91. The van der Waals surface area contributed by atoms with E-state index in [2.05, 4.69) is 11.3 Å². The number of benzene rings is 2. The Morgan fingerprint density at radius 1 is 1.00 bits per heavy atom. The normalized spacial score (nSPS) is 11.2. The quantitative estimate of drug-likeness (QED) is 0.393. The molecule has 0 saturated heterocycles. The molecule has 0 fully saturated rings. The van der Waals surface area contributed by atoms with Crippen LogP contribution in [0.1, 0.15) is 17.5 Å². The van der Waals surface area contributed by atoms with Crippen molar-refractivity contribution in [1.82, 2.24) is 0 Å². The van der Waals surface area contributed by atoms with Crippen LogP contribution in [0, 0.1) is 0 Å². The summed E-state index contributed by atoms with van der Waals surface area (Å²) in [5.74, 6) is -1.48. The first-order chi connectivity index (χ1) is 13.9. The fourth-order valence-corrected chi connectivity index (χ4v) is 2.42. The predicted molar refractivity (Wildman–Crippen MR) is 106 cm³/mol. The van der Waals surface area contributed by atoms with Crippen LogP contribution in [-0.2, 0) is 36.9 Å². The van der Waals surface area contributed by atoms with Gasteiger partial charge >= 0.3 is 17.9 Å². The van der Waals surface area contributed by atoms with Gasteiger partial charge < -0.3 is 19.9 Å².